The van der Waals surface area contributed by atoms with Gasteiger partial charge in [0, 0.05) is 25.5 Å². The number of pyridine rings is 2. The lowest BCUT2D eigenvalue weighted by Gasteiger charge is -2.29. The Labute approximate surface area is 164 Å². The van der Waals surface area contributed by atoms with E-state index in [2.05, 4.69) is 9.97 Å². The molecule has 0 saturated carbocycles. The number of carbonyl (C=O) groups excluding carboxylic acids is 1. The van der Waals surface area contributed by atoms with E-state index in [0.29, 0.717) is 11.3 Å². The van der Waals surface area contributed by atoms with E-state index in [0.717, 1.165) is 17.7 Å². The second-order valence-corrected chi connectivity index (χ2v) is 6.59. The summed E-state index contributed by atoms with van der Waals surface area (Å²) in [6.45, 7) is 1.82. The lowest BCUT2D eigenvalue weighted by atomic mass is 9.97. The Morgan fingerprint density at radius 3 is 2.34 bits per heavy atom. The van der Waals surface area contributed by atoms with Gasteiger partial charge in [0.2, 0.25) is 5.56 Å². The van der Waals surface area contributed by atoms with Crippen LogP contribution >= 0.6 is 0 Å². The van der Waals surface area contributed by atoms with Crippen LogP contribution in [0.3, 0.4) is 0 Å². The molecule has 0 saturated heterocycles. The largest absolute Gasteiger partial charge is 0.416 e. The number of aromatic amines is 1. The molecule has 1 aromatic carbocycles. The Morgan fingerprint density at radius 2 is 1.79 bits per heavy atom. The summed E-state index contributed by atoms with van der Waals surface area (Å²) < 4.78 is 38.8. The average Bonchev–Trinajstić information content (AvgIpc) is 2.69. The lowest BCUT2D eigenvalue weighted by molar-refractivity contribution is -0.137. The molecule has 0 fully saturated rings. The zero-order chi connectivity index (χ0) is 21.2. The van der Waals surface area contributed by atoms with Crippen LogP contribution in [0.15, 0.2) is 65.7 Å². The van der Waals surface area contributed by atoms with Gasteiger partial charge in [-0.15, -0.1) is 0 Å². The third-order valence-electron chi connectivity index (χ3n) is 4.60. The molecule has 0 aliphatic rings. The number of aryl methyl sites for hydroxylation is 1. The first-order valence-electron chi connectivity index (χ1n) is 8.73. The first kappa shape index (κ1) is 20.3. The summed E-state index contributed by atoms with van der Waals surface area (Å²) in [5.74, 6) is -0.406. The number of rotatable bonds is 4. The number of alkyl halides is 3. The normalized spacial score (nSPS) is 12.4. The molecular weight excluding hydrogens is 383 g/mol. The van der Waals surface area contributed by atoms with E-state index in [-0.39, 0.29) is 11.1 Å². The molecule has 0 bridgehead atoms. The molecule has 0 aliphatic heterocycles. The standard InChI is InChI=1S/C21H18F3N3O2/c1-13-4-3-11-25-18(13)19(14-5-8-16(9-6-14)21(22,23)24)27(2)20(29)15-7-10-17(28)26-12-15/h3-12,19H,1-2H3,(H,26,28)/t19-/m0/s1. The molecule has 8 heteroatoms. The molecule has 0 radical (unpaired) electrons. The highest BCUT2D eigenvalue weighted by atomic mass is 19.4. The van der Waals surface area contributed by atoms with Crippen molar-refractivity contribution in [1.29, 1.82) is 0 Å². The number of halogens is 3. The topological polar surface area (TPSA) is 66.1 Å². The number of nitrogens with one attached hydrogen (secondary N) is 1. The van der Waals surface area contributed by atoms with Crippen LogP contribution in [0, 0.1) is 6.92 Å². The summed E-state index contributed by atoms with van der Waals surface area (Å²) in [4.78, 5) is 32.4. The molecule has 5 nitrogen and oxygen atoms in total. The molecule has 3 rings (SSSR count). The minimum Gasteiger partial charge on any atom is -0.329 e. The molecule has 2 heterocycles. The van der Waals surface area contributed by atoms with Crippen molar-refractivity contribution in [3.63, 3.8) is 0 Å². The summed E-state index contributed by atoms with van der Waals surface area (Å²) in [7, 11) is 1.55. The van der Waals surface area contributed by atoms with Crippen molar-refractivity contribution >= 4 is 5.91 Å². The molecule has 1 atom stereocenters. The summed E-state index contributed by atoms with van der Waals surface area (Å²) in [5.41, 5.74) is 0.958. The molecule has 150 valence electrons. The maximum atomic E-state index is 13.0. The van der Waals surface area contributed by atoms with Gasteiger partial charge in [-0.05, 0) is 42.3 Å². The summed E-state index contributed by atoms with van der Waals surface area (Å²) >= 11 is 0. The fourth-order valence-corrected chi connectivity index (χ4v) is 3.07. The van der Waals surface area contributed by atoms with E-state index >= 15 is 0 Å². The Kier molecular flexibility index (Phi) is 5.54. The van der Waals surface area contributed by atoms with Crippen LogP contribution in [0.25, 0.3) is 0 Å². The SMILES string of the molecule is Cc1cccnc1[C@H](c1ccc(C(F)(F)F)cc1)N(C)C(=O)c1ccc(=O)[nH]c1. The van der Waals surface area contributed by atoms with Crippen molar-refractivity contribution < 1.29 is 18.0 Å². The van der Waals surface area contributed by atoms with E-state index in [1.165, 1.54) is 35.4 Å². The van der Waals surface area contributed by atoms with Crippen LogP contribution < -0.4 is 5.56 Å². The van der Waals surface area contributed by atoms with Gasteiger partial charge in [0.1, 0.15) is 0 Å². The van der Waals surface area contributed by atoms with E-state index < -0.39 is 23.7 Å². The summed E-state index contributed by atoms with van der Waals surface area (Å²) in [6.07, 6.45) is -1.58. The minimum atomic E-state index is -4.45. The second kappa shape index (κ2) is 7.90. The van der Waals surface area contributed by atoms with Gasteiger partial charge in [-0.2, -0.15) is 13.2 Å². The van der Waals surface area contributed by atoms with Crippen molar-refractivity contribution in [2.75, 3.05) is 7.05 Å². The summed E-state index contributed by atoms with van der Waals surface area (Å²) in [6, 6.07) is 10.1. The third-order valence-corrected chi connectivity index (χ3v) is 4.60. The molecule has 29 heavy (non-hydrogen) atoms. The first-order chi connectivity index (χ1) is 13.7. The Bertz CT molecular complexity index is 1060. The quantitative estimate of drug-likeness (QED) is 0.720. The van der Waals surface area contributed by atoms with Crippen molar-refractivity contribution in [3.8, 4) is 0 Å². The number of nitrogens with zero attached hydrogens (tertiary/aromatic N) is 2. The van der Waals surface area contributed by atoms with Crippen LogP contribution in [0.4, 0.5) is 13.2 Å². The van der Waals surface area contributed by atoms with Gasteiger partial charge < -0.3 is 9.88 Å². The maximum absolute atomic E-state index is 13.0. The van der Waals surface area contributed by atoms with Crippen molar-refractivity contribution in [1.82, 2.24) is 14.9 Å². The summed E-state index contributed by atoms with van der Waals surface area (Å²) in [5, 5.41) is 0. The highest BCUT2D eigenvalue weighted by molar-refractivity contribution is 5.94. The average molecular weight is 401 g/mol. The molecule has 0 aliphatic carbocycles. The molecule has 1 amide bonds. The minimum absolute atomic E-state index is 0.248. The van der Waals surface area contributed by atoms with E-state index in [9.17, 15) is 22.8 Å². The molecule has 0 unspecified atom stereocenters. The van der Waals surface area contributed by atoms with Gasteiger partial charge in [0.05, 0.1) is 22.9 Å². The van der Waals surface area contributed by atoms with E-state index in [1.54, 1.807) is 19.3 Å². The molecule has 0 spiro atoms. The van der Waals surface area contributed by atoms with E-state index in [4.69, 9.17) is 0 Å². The van der Waals surface area contributed by atoms with Gasteiger partial charge in [0.15, 0.2) is 0 Å². The van der Waals surface area contributed by atoms with Crippen LogP contribution in [0.1, 0.15) is 38.8 Å². The van der Waals surface area contributed by atoms with Crippen molar-refractivity contribution in [3.05, 3.63) is 99.2 Å². The molecule has 3 aromatic rings. The Morgan fingerprint density at radius 1 is 1.10 bits per heavy atom. The number of carbonyl (C=O) groups is 1. The van der Waals surface area contributed by atoms with E-state index in [1.807, 2.05) is 13.0 Å². The van der Waals surface area contributed by atoms with Crippen molar-refractivity contribution in [2.24, 2.45) is 0 Å². The fourth-order valence-electron chi connectivity index (χ4n) is 3.07. The Balaban J connectivity index is 2.06. The number of amides is 1. The Hall–Kier alpha value is -3.42. The van der Waals surface area contributed by atoms with Crippen LogP contribution in [0.5, 0.6) is 0 Å². The first-order valence-corrected chi connectivity index (χ1v) is 8.73. The smallest absolute Gasteiger partial charge is 0.329 e. The van der Waals surface area contributed by atoms with Gasteiger partial charge in [0.25, 0.3) is 5.91 Å². The van der Waals surface area contributed by atoms with Gasteiger partial charge in [-0.25, -0.2) is 0 Å². The third kappa shape index (κ3) is 4.37. The fraction of sp³-hybridized carbons (Fsp3) is 0.190. The lowest BCUT2D eigenvalue weighted by Crippen LogP contribution is -2.33. The monoisotopic (exact) mass is 401 g/mol. The predicted molar refractivity (Wildman–Crippen MR) is 101 cm³/mol. The highest BCUT2D eigenvalue weighted by Crippen LogP contribution is 2.33. The van der Waals surface area contributed by atoms with Crippen molar-refractivity contribution in [2.45, 2.75) is 19.1 Å². The number of aromatic nitrogens is 2. The number of hydrogen-bond donors (Lipinski definition) is 1. The van der Waals surface area contributed by atoms with Gasteiger partial charge >= 0.3 is 6.18 Å². The van der Waals surface area contributed by atoms with Crippen LogP contribution in [-0.4, -0.2) is 27.8 Å². The van der Waals surface area contributed by atoms with Gasteiger partial charge in [-0.1, -0.05) is 18.2 Å². The predicted octanol–water partition coefficient (Wildman–Crippen LogP) is 3.96. The van der Waals surface area contributed by atoms with Crippen LogP contribution in [0.2, 0.25) is 0 Å². The number of benzene rings is 1. The van der Waals surface area contributed by atoms with Gasteiger partial charge in [-0.3, -0.25) is 14.6 Å². The highest BCUT2D eigenvalue weighted by Gasteiger charge is 2.32. The number of hydrogen-bond acceptors (Lipinski definition) is 3. The number of H-pyrrole nitrogens is 1. The zero-order valence-corrected chi connectivity index (χ0v) is 15.7. The molecule has 1 N–H and O–H groups in total. The maximum Gasteiger partial charge on any atom is 0.416 e. The second-order valence-electron chi connectivity index (χ2n) is 6.59. The molecule has 2 aromatic heterocycles. The molecular formula is C21H18F3N3O2. The zero-order valence-electron chi connectivity index (χ0n) is 15.7. The van der Waals surface area contributed by atoms with Crippen LogP contribution in [-0.2, 0) is 6.18 Å².